The van der Waals surface area contributed by atoms with Gasteiger partial charge < -0.3 is 23.8 Å². The number of nitrogens with zero attached hydrogens (tertiary/aromatic N) is 1. The van der Waals surface area contributed by atoms with E-state index in [2.05, 4.69) is 0 Å². The number of carbonyl (C=O) groups is 1. The van der Waals surface area contributed by atoms with E-state index in [1.54, 1.807) is 38.3 Å². The first-order valence-corrected chi connectivity index (χ1v) is 8.14. The fourth-order valence-corrected chi connectivity index (χ4v) is 2.61. The highest BCUT2D eigenvalue weighted by atomic mass is 16.7. The van der Waals surface area contributed by atoms with Crippen LogP contribution in [0.15, 0.2) is 42.5 Å². The number of likely N-dealkylation sites (N-methyl/N-ethyl adjacent to an activating group) is 1. The van der Waals surface area contributed by atoms with E-state index < -0.39 is 0 Å². The Morgan fingerprint density at radius 1 is 1.08 bits per heavy atom. The summed E-state index contributed by atoms with van der Waals surface area (Å²) >= 11 is 0. The maximum absolute atomic E-state index is 12.4. The van der Waals surface area contributed by atoms with Crippen molar-refractivity contribution < 1.29 is 23.7 Å². The van der Waals surface area contributed by atoms with Crippen molar-refractivity contribution in [1.29, 1.82) is 0 Å². The first-order valence-electron chi connectivity index (χ1n) is 8.14. The molecule has 0 aliphatic carbocycles. The normalized spacial score (nSPS) is 12.3. The number of hydrogen-bond acceptors (Lipinski definition) is 5. The van der Waals surface area contributed by atoms with E-state index in [4.69, 9.17) is 18.9 Å². The molecule has 2 aromatic rings. The minimum atomic E-state index is -0.107. The smallest absolute Gasteiger partial charge is 0.246 e. The zero-order valence-electron chi connectivity index (χ0n) is 15.0. The number of benzene rings is 2. The molecule has 0 atom stereocenters. The van der Waals surface area contributed by atoms with Gasteiger partial charge in [0.05, 0.1) is 14.2 Å². The fraction of sp³-hybridized carbons (Fsp3) is 0.250. The van der Waals surface area contributed by atoms with Crippen LogP contribution in [0.4, 0.5) is 0 Å². The Balaban J connectivity index is 1.66. The van der Waals surface area contributed by atoms with Crippen LogP contribution in [-0.4, -0.2) is 38.9 Å². The van der Waals surface area contributed by atoms with Crippen LogP contribution >= 0.6 is 0 Å². The molecule has 1 heterocycles. The van der Waals surface area contributed by atoms with Crippen molar-refractivity contribution in [1.82, 2.24) is 4.90 Å². The SMILES string of the molecule is COc1cc(/C=C/C(=O)N(C)Cc2ccc3c(c2)OCO3)cc(OC)c1. The van der Waals surface area contributed by atoms with Crippen LogP contribution in [0, 0.1) is 0 Å². The molecule has 26 heavy (non-hydrogen) atoms. The predicted molar refractivity (Wildman–Crippen MR) is 97.6 cm³/mol. The Hall–Kier alpha value is -3.15. The molecular formula is C20H21NO5. The third kappa shape index (κ3) is 4.08. The van der Waals surface area contributed by atoms with Gasteiger partial charge in [-0.3, -0.25) is 4.79 Å². The molecule has 0 bridgehead atoms. The predicted octanol–water partition coefficient (Wildman–Crippen LogP) is 3.10. The summed E-state index contributed by atoms with van der Waals surface area (Å²) < 4.78 is 21.1. The van der Waals surface area contributed by atoms with Gasteiger partial charge in [0, 0.05) is 25.7 Å². The van der Waals surface area contributed by atoms with E-state index in [0.29, 0.717) is 23.8 Å². The van der Waals surface area contributed by atoms with Crippen molar-refractivity contribution >= 4 is 12.0 Å². The summed E-state index contributed by atoms with van der Waals surface area (Å²) in [7, 11) is 4.93. The van der Waals surface area contributed by atoms with Gasteiger partial charge in [-0.1, -0.05) is 6.07 Å². The van der Waals surface area contributed by atoms with Gasteiger partial charge in [-0.2, -0.15) is 0 Å². The van der Waals surface area contributed by atoms with Crippen molar-refractivity contribution in [3.05, 3.63) is 53.6 Å². The second-order valence-corrected chi connectivity index (χ2v) is 5.86. The van der Waals surface area contributed by atoms with E-state index in [-0.39, 0.29) is 12.7 Å². The molecule has 0 saturated carbocycles. The van der Waals surface area contributed by atoms with E-state index in [1.165, 1.54) is 6.08 Å². The van der Waals surface area contributed by atoms with Crippen molar-refractivity contribution in [2.24, 2.45) is 0 Å². The van der Waals surface area contributed by atoms with Crippen molar-refractivity contribution in [2.75, 3.05) is 28.1 Å². The van der Waals surface area contributed by atoms with Gasteiger partial charge >= 0.3 is 0 Å². The molecule has 1 amide bonds. The summed E-state index contributed by atoms with van der Waals surface area (Å²) in [6, 6.07) is 11.1. The quantitative estimate of drug-likeness (QED) is 0.745. The molecule has 2 aromatic carbocycles. The first kappa shape index (κ1) is 17.7. The summed E-state index contributed by atoms with van der Waals surface area (Å²) in [4.78, 5) is 14.0. The molecule has 0 saturated heterocycles. The molecule has 6 nitrogen and oxygen atoms in total. The summed E-state index contributed by atoms with van der Waals surface area (Å²) in [5, 5.41) is 0. The molecule has 0 unspecified atom stereocenters. The van der Waals surface area contributed by atoms with E-state index in [0.717, 1.165) is 16.9 Å². The Morgan fingerprint density at radius 3 is 2.46 bits per heavy atom. The summed E-state index contributed by atoms with van der Waals surface area (Å²) in [5.74, 6) is 2.68. The minimum Gasteiger partial charge on any atom is -0.497 e. The molecule has 0 fully saturated rings. The number of ether oxygens (including phenoxy) is 4. The average molecular weight is 355 g/mol. The molecule has 0 spiro atoms. The van der Waals surface area contributed by atoms with Gasteiger partial charge in [-0.15, -0.1) is 0 Å². The van der Waals surface area contributed by atoms with Crippen molar-refractivity contribution in [3.63, 3.8) is 0 Å². The number of fused-ring (bicyclic) bond motifs is 1. The van der Waals surface area contributed by atoms with Gasteiger partial charge in [0.25, 0.3) is 0 Å². The third-order valence-electron chi connectivity index (χ3n) is 4.03. The van der Waals surface area contributed by atoms with Crippen LogP contribution in [0.3, 0.4) is 0 Å². The molecule has 1 aliphatic rings. The lowest BCUT2D eigenvalue weighted by molar-refractivity contribution is -0.125. The first-order chi connectivity index (χ1) is 12.6. The lowest BCUT2D eigenvalue weighted by Gasteiger charge is -2.15. The second-order valence-electron chi connectivity index (χ2n) is 5.86. The largest absolute Gasteiger partial charge is 0.497 e. The van der Waals surface area contributed by atoms with E-state index in [1.807, 2.05) is 30.3 Å². The Labute approximate surface area is 152 Å². The average Bonchev–Trinajstić information content (AvgIpc) is 3.13. The van der Waals surface area contributed by atoms with Gasteiger partial charge in [0.2, 0.25) is 12.7 Å². The molecule has 0 N–H and O–H groups in total. The standard InChI is InChI=1S/C20H21NO5/c1-21(12-15-4-6-18-19(10-15)26-13-25-18)20(22)7-5-14-8-16(23-2)11-17(9-14)24-3/h4-11H,12-13H2,1-3H3/b7-5+. The van der Waals surface area contributed by atoms with Crippen LogP contribution in [0.25, 0.3) is 6.08 Å². The number of rotatable bonds is 6. The van der Waals surface area contributed by atoms with Crippen LogP contribution in [0.1, 0.15) is 11.1 Å². The second kappa shape index (κ2) is 7.82. The number of hydrogen-bond donors (Lipinski definition) is 0. The maximum atomic E-state index is 12.4. The van der Waals surface area contributed by atoms with Gasteiger partial charge in [0.15, 0.2) is 11.5 Å². The molecule has 1 aliphatic heterocycles. The zero-order chi connectivity index (χ0) is 18.5. The monoisotopic (exact) mass is 355 g/mol. The molecular weight excluding hydrogens is 334 g/mol. The molecule has 136 valence electrons. The number of carbonyl (C=O) groups excluding carboxylic acids is 1. The van der Waals surface area contributed by atoms with Crippen LogP contribution < -0.4 is 18.9 Å². The highest BCUT2D eigenvalue weighted by Gasteiger charge is 2.14. The maximum Gasteiger partial charge on any atom is 0.246 e. The topological polar surface area (TPSA) is 57.2 Å². The highest BCUT2D eigenvalue weighted by molar-refractivity contribution is 5.91. The fourth-order valence-electron chi connectivity index (χ4n) is 2.61. The lowest BCUT2D eigenvalue weighted by Crippen LogP contribution is -2.24. The summed E-state index contributed by atoms with van der Waals surface area (Å²) in [6.07, 6.45) is 3.27. The Kier molecular flexibility index (Phi) is 5.31. The van der Waals surface area contributed by atoms with Crippen molar-refractivity contribution in [3.8, 4) is 23.0 Å². The van der Waals surface area contributed by atoms with E-state index in [9.17, 15) is 4.79 Å². The number of methoxy groups -OCH3 is 2. The zero-order valence-corrected chi connectivity index (χ0v) is 15.0. The molecule has 0 radical (unpaired) electrons. The third-order valence-corrected chi connectivity index (χ3v) is 4.03. The van der Waals surface area contributed by atoms with Crippen molar-refractivity contribution in [2.45, 2.75) is 6.54 Å². The highest BCUT2D eigenvalue weighted by Crippen LogP contribution is 2.32. The van der Waals surface area contributed by atoms with E-state index >= 15 is 0 Å². The number of amides is 1. The van der Waals surface area contributed by atoms with Crippen LogP contribution in [0.5, 0.6) is 23.0 Å². The molecule has 6 heteroatoms. The van der Waals surface area contributed by atoms with Gasteiger partial charge in [0.1, 0.15) is 11.5 Å². The van der Waals surface area contributed by atoms with Crippen LogP contribution in [-0.2, 0) is 11.3 Å². The van der Waals surface area contributed by atoms with Gasteiger partial charge in [-0.25, -0.2) is 0 Å². The Morgan fingerprint density at radius 2 is 1.77 bits per heavy atom. The molecule has 0 aromatic heterocycles. The Bertz CT molecular complexity index is 809. The molecule has 3 rings (SSSR count). The summed E-state index contributed by atoms with van der Waals surface area (Å²) in [6.45, 7) is 0.710. The summed E-state index contributed by atoms with van der Waals surface area (Å²) in [5.41, 5.74) is 1.80. The lowest BCUT2D eigenvalue weighted by atomic mass is 10.1. The minimum absolute atomic E-state index is 0.107. The van der Waals surface area contributed by atoms with Gasteiger partial charge in [-0.05, 0) is 41.5 Å². The van der Waals surface area contributed by atoms with Crippen LogP contribution in [0.2, 0.25) is 0 Å².